The number of hydrogen-bond donors (Lipinski definition) is 1. The second-order valence-electron chi connectivity index (χ2n) is 5.80. The lowest BCUT2D eigenvalue weighted by Crippen LogP contribution is -2.25. The number of ketones is 1. The van der Waals surface area contributed by atoms with Gasteiger partial charge in [0, 0.05) is 23.6 Å². The fourth-order valence-electron chi connectivity index (χ4n) is 2.35. The van der Waals surface area contributed by atoms with Crippen molar-refractivity contribution in [2.75, 3.05) is 13.7 Å². The molecule has 144 valence electrons. The van der Waals surface area contributed by atoms with E-state index in [9.17, 15) is 18.0 Å². The summed E-state index contributed by atoms with van der Waals surface area (Å²) in [6.45, 7) is 0.223. The van der Waals surface area contributed by atoms with Crippen molar-refractivity contribution in [1.82, 2.24) is 4.72 Å². The summed E-state index contributed by atoms with van der Waals surface area (Å²) >= 11 is 5.76. The lowest BCUT2D eigenvalue weighted by molar-refractivity contribution is -0.140. The predicted octanol–water partition coefficient (Wildman–Crippen LogP) is 3.00. The third-order valence-electron chi connectivity index (χ3n) is 3.89. The molecule has 0 aliphatic rings. The highest BCUT2D eigenvalue weighted by molar-refractivity contribution is 7.89. The summed E-state index contributed by atoms with van der Waals surface area (Å²) < 4.78 is 31.4. The molecule has 0 bridgehead atoms. The van der Waals surface area contributed by atoms with E-state index in [0.29, 0.717) is 17.0 Å². The molecule has 0 saturated heterocycles. The Labute approximate surface area is 163 Å². The van der Waals surface area contributed by atoms with Crippen LogP contribution in [-0.2, 0) is 26.0 Å². The molecule has 27 heavy (non-hydrogen) atoms. The number of hydrogen-bond acceptors (Lipinski definition) is 5. The van der Waals surface area contributed by atoms with Gasteiger partial charge in [-0.1, -0.05) is 35.9 Å². The van der Waals surface area contributed by atoms with Gasteiger partial charge in [-0.15, -0.1) is 0 Å². The lowest BCUT2D eigenvalue weighted by atomic mass is 10.0. The van der Waals surface area contributed by atoms with Crippen LogP contribution in [0.25, 0.3) is 0 Å². The summed E-state index contributed by atoms with van der Waals surface area (Å²) in [4.78, 5) is 23.2. The first-order valence-electron chi connectivity index (χ1n) is 8.26. The van der Waals surface area contributed by atoms with Crippen molar-refractivity contribution in [3.63, 3.8) is 0 Å². The minimum atomic E-state index is -3.59. The molecule has 2 aromatic carbocycles. The Morgan fingerprint density at radius 3 is 2.22 bits per heavy atom. The van der Waals surface area contributed by atoms with Gasteiger partial charge in [-0.25, -0.2) is 13.1 Å². The average Bonchev–Trinajstić information content (AvgIpc) is 2.66. The van der Waals surface area contributed by atoms with E-state index in [1.807, 2.05) is 0 Å². The smallest absolute Gasteiger partial charge is 0.305 e. The molecule has 0 amide bonds. The number of sulfonamides is 1. The van der Waals surface area contributed by atoms with Crippen molar-refractivity contribution in [2.45, 2.75) is 24.2 Å². The van der Waals surface area contributed by atoms with Gasteiger partial charge in [0.2, 0.25) is 10.0 Å². The first kappa shape index (κ1) is 21.1. The van der Waals surface area contributed by atoms with E-state index < -0.39 is 16.0 Å². The number of rotatable bonds is 9. The Morgan fingerprint density at radius 1 is 1.00 bits per heavy atom. The van der Waals surface area contributed by atoms with Crippen LogP contribution in [-0.4, -0.2) is 33.8 Å². The van der Waals surface area contributed by atoms with Crippen LogP contribution in [0.1, 0.15) is 28.8 Å². The van der Waals surface area contributed by atoms with Crippen LogP contribution in [0.4, 0.5) is 0 Å². The summed E-state index contributed by atoms with van der Waals surface area (Å²) in [7, 11) is -2.31. The molecule has 8 heteroatoms. The molecular formula is C19H20ClNO5S. The zero-order chi connectivity index (χ0) is 19.9. The fraction of sp³-hybridized carbons (Fsp3) is 0.263. The molecule has 0 unspecified atom stereocenters. The van der Waals surface area contributed by atoms with E-state index in [0.717, 1.165) is 5.56 Å². The van der Waals surface area contributed by atoms with Gasteiger partial charge in [-0.2, -0.15) is 0 Å². The standard InChI is InChI=1S/C19H20ClNO5S/c1-26-19(23)11-10-18(22)15-4-2-14(3-5-15)12-13-21-27(24,25)17-8-6-16(20)7-9-17/h2-9,21H,10-13H2,1H3. The SMILES string of the molecule is COC(=O)CCC(=O)c1ccc(CCNS(=O)(=O)c2ccc(Cl)cc2)cc1. The zero-order valence-corrected chi connectivity index (χ0v) is 16.3. The molecule has 1 N–H and O–H groups in total. The van der Waals surface area contributed by atoms with Crippen molar-refractivity contribution >= 4 is 33.4 Å². The lowest BCUT2D eigenvalue weighted by Gasteiger charge is -2.07. The van der Waals surface area contributed by atoms with Crippen LogP contribution < -0.4 is 4.72 Å². The maximum Gasteiger partial charge on any atom is 0.305 e. The summed E-state index contributed by atoms with van der Waals surface area (Å²) in [6, 6.07) is 12.8. The van der Waals surface area contributed by atoms with Crippen LogP contribution in [0, 0.1) is 0 Å². The summed E-state index contributed by atoms with van der Waals surface area (Å²) in [5.74, 6) is -0.566. The monoisotopic (exact) mass is 409 g/mol. The number of carbonyl (C=O) groups excluding carboxylic acids is 2. The number of nitrogens with one attached hydrogen (secondary N) is 1. The second-order valence-corrected chi connectivity index (χ2v) is 8.00. The molecule has 2 aromatic rings. The highest BCUT2D eigenvalue weighted by Crippen LogP contribution is 2.14. The molecule has 0 aliphatic heterocycles. The first-order chi connectivity index (χ1) is 12.8. The number of halogens is 1. The van der Waals surface area contributed by atoms with E-state index in [4.69, 9.17) is 11.6 Å². The van der Waals surface area contributed by atoms with Gasteiger partial charge in [-0.05, 0) is 36.2 Å². The van der Waals surface area contributed by atoms with Gasteiger partial charge in [0.1, 0.15) is 0 Å². The Morgan fingerprint density at radius 2 is 1.63 bits per heavy atom. The van der Waals surface area contributed by atoms with Crippen molar-refractivity contribution in [3.05, 3.63) is 64.7 Å². The number of Topliss-reactive ketones (excluding diaryl/α,β-unsaturated/α-hetero) is 1. The Bertz CT molecular complexity index is 893. The molecule has 6 nitrogen and oxygen atoms in total. The van der Waals surface area contributed by atoms with Gasteiger partial charge in [-0.3, -0.25) is 9.59 Å². The Balaban J connectivity index is 1.87. The van der Waals surface area contributed by atoms with Gasteiger partial charge >= 0.3 is 5.97 Å². The Kier molecular flexibility index (Phi) is 7.53. The van der Waals surface area contributed by atoms with Crippen LogP contribution in [0.5, 0.6) is 0 Å². The molecule has 0 atom stereocenters. The van der Waals surface area contributed by atoms with Crippen LogP contribution in [0.15, 0.2) is 53.4 Å². The molecule has 2 rings (SSSR count). The van der Waals surface area contributed by atoms with E-state index in [-0.39, 0.29) is 30.1 Å². The van der Waals surface area contributed by atoms with Crippen molar-refractivity contribution in [3.8, 4) is 0 Å². The summed E-state index contributed by atoms with van der Waals surface area (Å²) in [6.07, 6.45) is 0.611. The number of ether oxygens (including phenoxy) is 1. The number of esters is 1. The third-order valence-corrected chi connectivity index (χ3v) is 5.62. The molecule has 0 aliphatic carbocycles. The second kappa shape index (κ2) is 9.64. The predicted molar refractivity (Wildman–Crippen MR) is 102 cm³/mol. The summed E-state index contributed by atoms with van der Waals surface area (Å²) in [5, 5.41) is 0.468. The maximum absolute atomic E-state index is 12.2. The van der Waals surface area contributed by atoms with Gasteiger partial charge < -0.3 is 4.74 Å². The molecule has 0 spiro atoms. The minimum absolute atomic E-state index is 0.0452. The molecule has 0 fully saturated rings. The average molecular weight is 410 g/mol. The van der Waals surface area contributed by atoms with E-state index >= 15 is 0 Å². The highest BCUT2D eigenvalue weighted by Gasteiger charge is 2.13. The van der Waals surface area contributed by atoms with E-state index in [2.05, 4.69) is 9.46 Å². The molecule has 0 aromatic heterocycles. The maximum atomic E-state index is 12.2. The largest absolute Gasteiger partial charge is 0.469 e. The van der Waals surface area contributed by atoms with Crippen LogP contribution >= 0.6 is 11.6 Å². The minimum Gasteiger partial charge on any atom is -0.469 e. The number of methoxy groups -OCH3 is 1. The van der Waals surface area contributed by atoms with Crippen molar-refractivity contribution in [2.24, 2.45) is 0 Å². The number of carbonyl (C=O) groups is 2. The molecule has 0 heterocycles. The Hall–Kier alpha value is -2.22. The van der Waals surface area contributed by atoms with Gasteiger partial charge in [0.15, 0.2) is 5.78 Å². The van der Waals surface area contributed by atoms with Crippen molar-refractivity contribution < 1.29 is 22.7 Å². The van der Waals surface area contributed by atoms with Gasteiger partial charge in [0.05, 0.1) is 18.4 Å². The fourth-order valence-corrected chi connectivity index (χ4v) is 3.50. The number of benzene rings is 2. The quantitative estimate of drug-likeness (QED) is 0.508. The van der Waals surface area contributed by atoms with E-state index in [1.54, 1.807) is 24.3 Å². The van der Waals surface area contributed by atoms with Gasteiger partial charge in [0.25, 0.3) is 0 Å². The normalized spacial score (nSPS) is 11.2. The molecule has 0 saturated carbocycles. The third kappa shape index (κ3) is 6.46. The topological polar surface area (TPSA) is 89.5 Å². The van der Waals surface area contributed by atoms with E-state index in [1.165, 1.54) is 31.4 Å². The summed E-state index contributed by atoms with van der Waals surface area (Å²) in [5.41, 5.74) is 1.39. The van der Waals surface area contributed by atoms with Crippen LogP contribution in [0.2, 0.25) is 5.02 Å². The zero-order valence-electron chi connectivity index (χ0n) is 14.8. The molecular weight excluding hydrogens is 390 g/mol. The highest BCUT2D eigenvalue weighted by atomic mass is 35.5. The molecule has 0 radical (unpaired) electrons. The first-order valence-corrected chi connectivity index (χ1v) is 10.1. The van der Waals surface area contributed by atoms with Crippen LogP contribution in [0.3, 0.4) is 0 Å². The van der Waals surface area contributed by atoms with Crippen molar-refractivity contribution in [1.29, 1.82) is 0 Å².